The van der Waals surface area contributed by atoms with E-state index in [0.717, 1.165) is 0 Å². The van der Waals surface area contributed by atoms with Crippen LogP contribution in [-0.2, 0) is 4.79 Å². The molecule has 1 atom stereocenters. The highest BCUT2D eigenvalue weighted by molar-refractivity contribution is 6.33. The first-order valence-corrected chi connectivity index (χ1v) is 6.85. The summed E-state index contributed by atoms with van der Waals surface area (Å²) in [5.74, 6) is 0.470. The van der Waals surface area contributed by atoms with E-state index in [2.05, 4.69) is 5.32 Å². The lowest BCUT2D eigenvalue weighted by molar-refractivity contribution is -0.122. The Morgan fingerprint density at radius 1 is 1.15 bits per heavy atom. The Kier molecular flexibility index (Phi) is 5.02. The maximum atomic E-state index is 12.2. The molecule has 1 amide bonds. The van der Waals surface area contributed by atoms with Crippen LogP contribution in [0.15, 0.2) is 54.6 Å². The number of rotatable bonds is 5. The third kappa shape index (κ3) is 3.75. The molecule has 4 heteroatoms. The fourth-order valence-corrected chi connectivity index (χ4v) is 1.94. The SMILES string of the molecule is CCC(Oc1ccccc1)C(=O)Nc1ccccc1Cl. The summed E-state index contributed by atoms with van der Waals surface area (Å²) in [4.78, 5) is 12.2. The molecule has 2 aromatic rings. The van der Waals surface area contributed by atoms with Crippen molar-refractivity contribution in [1.29, 1.82) is 0 Å². The lowest BCUT2D eigenvalue weighted by Crippen LogP contribution is -2.32. The Hall–Kier alpha value is -2.00. The maximum Gasteiger partial charge on any atom is 0.265 e. The quantitative estimate of drug-likeness (QED) is 0.898. The standard InChI is InChI=1S/C16H16ClNO2/c1-2-15(20-12-8-4-3-5-9-12)16(19)18-14-11-7-6-10-13(14)17/h3-11,15H,2H2,1H3,(H,18,19). The molecule has 0 aliphatic rings. The van der Waals surface area contributed by atoms with E-state index in [1.165, 1.54) is 0 Å². The van der Waals surface area contributed by atoms with Gasteiger partial charge in [0.05, 0.1) is 10.7 Å². The second kappa shape index (κ2) is 6.96. The zero-order chi connectivity index (χ0) is 14.4. The van der Waals surface area contributed by atoms with Crippen LogP contribution in [0.25, 0.3) is 0 Å². The minimum atomic E-state index is -0.548. The summed E-state index contributed by atoms with van der Waals surface area (Å²) in [6.45, 7) is 1.90. The molecule has 3 nitrogen and oxygen atoms in total. The van der Waals surface area contributed by atoms with Crippen molar-refractivity contribution in [3.63, 3.8) is 0 Å². The van der Waals surface area contributed by atoms with Gasteiger partial charge in [-0.1, -0.05) is 48.9 Å². The normalized spacial score (nSPS) is 11.7. The number of carbonyl (C=O) groups excluding carboxylic acids is 1. The number of amides is 1. The highest BCUT2D eigenvalue weighted by atomic mass is 35.5. The third-order valence-electron chi connectivity index (χ3n) is 2.82. The van der Waals surface area contributed by atoms with Gasteiger partial charge < -0.3 is 10.1 Å². The zero-order valence-corrected chi connectivity index (χ0v) is 11.9. The van der Waals surface area contributed by atoms with Gasteiger partial charge in [0.15, 0.2) is 6.10 Å². The number of para-hydroxylation sites is 2. The first-order chi connectivity index (χ1) is 9.70. The summed E-state index contributed by atoms with van der Waals surface area (Å²) in [5.41, 5.74) is 0.592. The van der Waals surface area contributed by atoms with Gasteiger partial charge in [-0.05, 0) is 30.7 Å². The molecular formula is C16H16ClNO2. The largest absolute Gasteiger partial charge is 0.481 e. The van der Waals surface area contributed by atoms with Crippen LogP contribution < -0.4 is 10.1 Å². The average molecular weight is 290 g/mol. The molecule has 2 aromatic carbocycles. The average Bonchev–Trinajstić information content (AvgIpc) is 2.48. The van der Waals surface area contributed by atoms with E-state index < -0.39 is 6.10 Å². The molecule has 0 aliphatic heterocycles. The lowest BCUT2D eigenvalue weighted by atomic mass is 10.2. The Balaban J connectivity index is 2.04. The van der Waals surface area contributed by atoms with Gasteiger partial charge >= 0.3 is 0 Å². The molecule has 0 heterocycles. The highest BCUT2D eigenvalue weighted by Gasteiger charge is 2.19. The van der Waals surface area contributed by atoms with Crippen molar-refractivity contribution < 1.29 is 9.53 Å². The summed E-state index contributed by atoms with van der Waals surface area (Å²) in [6.07, 6.45) is 0.0271. The molecular weight excluding hydrogens is 274 g/mol. The van der Waals surface area contributed by atoms with Gasteiger partial charge in [-0.2, -0.15) is 0 Å². The number of carbonyl (C=O) groups is 1. The summed E-state index contributed by atoms with van der Waals surface area (Å²) < 4.78 is 5.68. The van der Waals surface area contributed by atoms with E-state index in [1.54, 1.807) is 12.1 Å². The Morgan fingerprint density at radius 2 is 1.80 bits per heavy atom. The van der Waals surface area contributed by atoms with Gasteiger partial charge in [0, 0.05) is 0 Å². The number of nitrogens with one attached hydrogen (secondary N) is 1. The molecule has 0 bridgehead atoms. The Morgan fingerprint density at radius 3 is 2.45 bits per heavy atom. The van der Waals surface area contributed by atoms with Gasteiger partial charge in [-0.3, -0.25) is 4.79 Å². The molecule has 1 unspecified atom stereocenters. The molecule has 0 aromatic heterocycles. The van der Waals surface area contributed by atoms with Gasteiger partial charge in [-0.25, -0.2) is 0 Å². The highest BCUT2D eigenvalue weighted by Crippen LogP contribution is 2.21. The monoisotopic (exact) mass is 289 g/mol. The third-order valence-corrected chi connectivity index (χ3v) is 3.15. The van der Waals surface area contributed by atoms with Crippen LogP contribution in [0.4, 0.5) is 5.69 Å². The van der Waals surface area contributed by atoms with Crippen molar-refractivity contribution in [2.24, 2.45) is 0 Å². The van der Waals surface area contributed by atoms with Crippen molar-refractivity contribution in [1.82, 2.24) is 0 Å². The fourth-order valence-electron chi connectivity index (χ4n) is 1.76. The molecule has 0 saturated heterocycles. The zero-order valence-electron chi connectivity index (χ0n) is 11.2. The molecule has 0 aliphatic carbocycles. The molecule has 20 heavy (non-hydrogen) atoms. The second-order valence-electron chi connectivity index (χ2n) is 4.30. The fraction of sp³-hybridized carbons (Fsp3) is 0.188. The summed E-state index contributed by atoms with van der Waals surface area (Å²) >= 11 is 6.02. The van der Waals surface area contributed by atoms with Crippen LogP contribution in [0.3, 0.4) is 0 Å². The number of hydrogen-bond acceptors (Lipinski definition) is 2. The van der Waals surface area contributed by atoms with E-state index in [0.29, 0.717) is 22.9 Å². The van der Waals surface area contributed by atoms with Crippen LogP contribution in [0.1, 0.15) is 13.3 Å². The molecule has 0 saturated carbocycles. The number of halogens is 1. The molecule has 0 radical (unpaired) electrons. The van der Waals surface area contributed by atoms with E-state index in [1.807, 2.05) is 49.4 Å². The van der Waals surface area contributed by atoms with Crippen LogP contribution >= 0.6 is 11.6 Å². The molecule has 1 N–H and O–H groups in total. The predicted molar refractivity (Wildman–Crippen MR) is 81.2 cm³/mol. The molecule has 2 rings (SSSR count). The minimum Gasteiger partial charge on any atom is -0.481 e. The molecule has 0 fully saturated rings. The summed E-state index contributed by atoms with van der Waals surface area (Å²) in [5, 5.41) is 3.30. The van der Waals surface area contributed by atoms with Crippen molar-refractivity contribution in [2.75, 3.05) is 5.32 Å². The van der Waals surface area contributed by atoms with Crippen molar-refractivity contribution in [3.05, 3.63) is 59.6 Å². The molecule has 104 valence electrons. The first-order valence-electron chi connectivity index (χ1n) is 6.47. The van der Waals surface area contributed by atoms with Gasteiger partial charge in [0.25, 0.3) is 5.91 Å². The van der Waals surface area contributed by atoms with Crippen molar-refractivity contribution in [3.8, 4) is 5.75 Å². The summed E-state index contributed by atoms with van der Waals surface area (Å²) in [7, 11) is 0. The Bertz CT molecular complexity index is 572. The maximum absolute atomic E-state index is 12.2. The number of ether oxygens (including phenoxy) is 1. The smallest absolute Gasteiger partial charge is 0.265 e. The van der Waals surface area contributed by atoms with E-state index in [9.17, 15) is 4.79 Å². The van der Waals surface area contributed by atoms with Crippen LogP contribution in [0, 0.1) is 0 Å². The predicted octanol–water partition coefficient (Wildman–Crippen LogP) is 4.14. The van der Waals surface area contributed by atoms with Crippen LogP contribution in [-0.4, -0.2) is 12.0 Å². The first kappa shape index (κ1) is 14.4. The van der Waals surface area contributed by atoms with Crippen molar-refractivity contribution >= 4 is 23.2 Å². The number of hydrogen-bond donors (Lipinski definition) is 1. The topological polar surface area (TPSA) is 38.3 Å². The van der Waals surface area contributed by atoms with Gasteiger partial charge in [0.1, 0.15) is 5.75 Å². The van der Waals surface area contributed by atoms with Crippen molar-refractivity contribution in [2.45, 2.75) is 19.4 Å². The van der Waals surface area contributed by atoms with Gasteiger partial charge in [-0.15, -0.1) is 0 Å². The van der Waals surface area contributed by atoms with E-state index in [-0.39, 0.29) is 5.91 Å². The van der Waals surface area contributed by atoms with E-state index >= 15 is 0 Å². The van der Waals surface area contributed by atoms with Gasteiger partial charge in [0.2, 0.25) is 0 Å². The minimum absolute atomic E-state index is 0.204. The summed E-state index contributed by atoms with van der Waals surface area (Å²) in [6, 6.07) is 16.4. The number of benzene rings is 2. The van der Waals surface area contributed by atoms with E-state index in [4.69, 9.17) is 16.3 Å². The molecule has 0 spiro atoms. The van der Waals surface area contributed by atoms with Crippen LogP contribution in [0.5, 0.6) is 5.75 Å². The second-order valence-corrected chi connectivity index (χ2v) is 4.70. The number of anilines is 1. The Labute approximate surface area is 123 Å². The van der Waals surface area contributed by atoms with Crippen LogP contribution in [0.2, 0.25) is 5.02 Å². The lowest BCUT2D eigenvalue weighted by Gasteiger charge is -2.17.